The molecule has 0 saturated carbocycles. The SMILES string of the molecule is COC(=O)/C=C(/OC)[C@H](C)[C@H](/C=C/c1csc(/C(C)=N/O)n1)OC. The van der Waals surface area contributed by atoms with E-state index in [-0.39, 0.29) is 12.0 Å². The predicted octanol–water partition coefficient (Wildman–Crippen LogP) is 2.71. The lowest BCUT2D eigenvalue weighted by atomic mass is 10.0. The molecule has 0 aliphatic carbocycles. The van der Waals surface area contributed by atoms with E-state index in [1.165, 1.54) is 31.6 Å². The number of carbonyl (C=O) groups excluding carboxylic acids is 1. The van der Waals surface area contributed by atoms with Gasteiger partial charge in [-0.25, -0.2) is 9.78 Å². The molecule has 1 aromatic heterocycles. The van der Waals surface area contributed by atoms with Crippen LogP contribution >= 0.6 is 11.3 Å². The predicted molar refractivity (Wildman–Crippen MR) is 92.2 cm³/mol. The Morgan fingerprint density at radius 1 is 1.38 bits per heavy atom. The Balaban J connectivity index is 2.90. The average Bonchev–Trinajstić information content (AvgIpc) is 3.07. The van der Waals surface area contributed by atoms with E-state index >= 15 is 0 Å². The second-order valence-electron chi connectivity index (χ2n) is 4.89. The highest BCUT2D eigenvalue weighted by Gasteiger charge is 2.20. The van der Waals surface area contributed by atoms with E-state index in [4.69, 9.17) is 14.7 Å². The first-order valence-electron chi connectivity index (χ1n) is 7.15. The van der Waals surface area contributed by atoms with Crippen LogP contribution in [0.1, 0.15) is 24.5 Å². The Morgan fingerprint density at radius 2 is 2.08 bits per heavy atom. The summed E-state index contributed by atoms with van der Waals surface area (Å²) in [6.07, 6.45) is 4.62. The summed E-state index contributed by atoms with van der Waals surface area (Å²) in [4.78, 5) is 15.7. The molecule has 24 heavy (non-hydrogen) atoms. The number of rotatable bonds is 8. The number of ether oxygens (including phenoxy) is 3. The lowest BCUT2D eigenvalue weighted by Gasteiger charge is -2.21. The maximum absolute atomic E-state index is 11.4. The summed E-state index contributed by atoms with van der Waals surface area (Å²) in [6, 6.07) is 0. The molecule has 2 atom stereocenters. The van der Waals surface area contributed by atoms with Gasteiger partial charge in [0.25, 0.3) is 0 Å². The largest absolute Gasteiger partial charge is 0.500 e. The molecule has 1 heterocycles. The Labute approximate surface area is 145 Å². The van der Waals surface area contributed by atoms with Crippen LogP contribution in [0.5, 0.6) is 0 Å². The highest BCUT2D eigenvalue weighted by atomic mass is 32.1. The zero-order valence-electron chi connectivity index (χ0n) is 14.3. The second kappa shape index (κ2) is 9.84. The summed E-state index contributed by atoms with van der Waals surface area (Å²) < 4.78 is 15.3. The summed E-state index contributed by atoms with van der Waals surface area (Å²) in [5, 5.41) is 14.4. The molecule has 0 aromatic carbocycles. The second-order valence-corrected chi connectivity index (χ2v) is 5.74. The quantitative estimate of drug-likeness (QED) is 0.193. The molecule has 0 fully saturated rings. The molecule has 1 rings (SSSR count). The van der Waals surface area contributed by atoms with Crippen molar-refractivity contribution in [1.29, 1.82) is 0 Å². The van der Waals surface area contributed by atoms with Crippen molar-refractivity contribution in [3.8, 4) is 0 Å². The Hall–Kier alpha value is -2.19. The van der Waals surface area contributed by atoms with E-state index < -0.39 is 5.97 Å². The summed E-state index contributed by atoms with van der Waals surface area (Å²) in [6.45, 7) is 3.56. The Morgan fingerprint density at radius 3 is 2.62 bits per heavy atom. The third-order valence-corrected chi connectivity index (χ3v) is 4.32. The van der Waals surface area contributed by atoms with Crippen LogP contribution in [0.15, 0.2) is 28.4 Å². The van der Waals surface area contributed by atoms with Crippen molar-refractivity contribution in [2.45, 2.75) is 20.0 Å². The van der Waals surface area contributed by atoms with Gasteiger partial charge in [-0.3, -0.25) is 0 Å². The van der Waals surface area contributed by atoms with Crippen LogP contribution in [0.2, 0.25) is 0 Å². The van der Waals surface area contributed by atoms with Crippen LogP contribution in [0.4, 0.5) is 0 Å². The van der Waals surface area contributed by atoms with E-state index in [1.54, 1.807) is 20.1 Å². The molecule has 0 amide bonds. The molecule has 0 aliphatic heterocycles. The molecule has 0 saturated heterocycles. The van der Waals surface area contributed by atoms with Crippen molar-refractivity contribution in [3.05, 3.63) is 34.0 Å². The van der Waals surface area contributed by atoms with Gasteiger partial charge in [-0.15, -0.1) is 11.3 Å². The number of methoxy groups -OCH3 is 3. The fraction of sp³-hybridized carbons (Fsp3) is 0.438. The lowest BCUT2D eigenvalue weighted by Crippen LogP contribution is -2.21. The van der Waals surface area contributed by atoms with Gasteiger partial charge in [-0.2, -0.15) is 0 Å². The van der Waals surface area contributed by atoms with Gasteiger partial charge in [0.2, 0.25) is 0 Å². The van der Waals surface area contributed by atoms with E-state index in [0.29, 0.717) is 16.5 Å². The summed E-state index contributed by atoms with van der Waals surface area (Å²) in [7, 11) is 4.37. The normalized spacial score (nSPS) is 15.4. The van der Waals surface area contributed by atoms with Crippen molar-refractivity contribution in [1.82, 2.24) is 4.98 Å². The molecule has 7 nitrogen and oxygen atoms in total. The first kappa shape index (κ1) is 19.9. The fourth-order valence-electron chi connectivity index (χ4n) is 1.93. The number of thiazole rings is 1. The zero-order valence-corrected chi connectivity index (χ0v) is 15.2. The number of carbonyl (C=O) groups is 1. The summed E-state index contributed by atoms with van der Waals surface area (Å²) >= 11 is 1.38. The van der Waals surface area contributed by atoms with Crippen LogP contribution in [-0.4, -0.2) is 49.3 Å². The number of oxime groups is 1. The molecule has 132 valence electrons. The van der Waals surface area contributed by atoms with Crippen molar-refractivity contribution >= 4 is 29.1 Å². The summed E-state index contributed by atoms with van der Waals surface area (Å²) in [5.74, 6) is -0.227. The van der Waals surface area contributed by atoms with Crippen LogP contribution in [0.25, 0.3) is 6.08 Å². The van der Waals surface area contributed by atoms with Crippen LogP contribution in [-0.2, 0) is 19.0 Å². The minimum absolute atomic E-state index is 0.200. The third-order valence-electron chi connectivity index (χ3n) is 3.35. The standard InChI is InChI=1S/C16H22N2O5S/c1-10(14(22-4)8-15(19)23-5)13(21-3)7-6-12-9-24-16(17-12)11(2)18-20/h6-10,13,20H,1-5H3/b7-6+,14-8+,18-11+/t10-,13+/m1/s1. The third kappa shape index (κ3) is 5.47. The van der Waals surface area contributed by atoms with E-state index in [1.807, 2.05) is 18.4 Å². The number of hydrogen-bond donors (Lipinski definition) is 1. The molecule has 0 bridgehead atoms. The van der Waals surface area contributed by atoms with Gasteiger partial charge in [-0.05, 0) is 13.0 Å². The molecule has 1 aromatic rings. The first-order valence-corrected chi connectivity index (χ1v) is 8.03. The molecule has 1 N–H and O–H groups in total. The van der Waals surface area contributed by atoms with Crippen LogP contribution < -0.4 is 0 Å². The smallest absolute Gasteiger partial charge is 0.333 e. The monoisotopic (exact) mass is 354 g/mol. The maximum Gasteiger partial charge on any atom is 0.333 e. The minimum atomic E-state index is -0.486. The van der Waals surface area contributed by atoms with Crippen molar-refractivity contribution < 1.29 is 24.2 Å². The minimum Gasteiger partial charge on any atom is -0.500 e. The molecule has 8 heteroatoms. The van der Waals surface area contributed by atoms with E-state index in [2.05, 4.69) is 14.9 Å². The molecule has 0 spiro atoms. The molecular weight excluding hydrogens is 332 g/mol. The molecular formula is C16H22N2O5S. The number of esters is 1. The van der Waals surface area contributed by atoms with Crippen molar-refractivity contribution in [2.24, 2.45) is 11.1 Å². The maximum atomic E-state index is 11.4. The van der Waals surface area contributed by atoms with Gasteiger partial charge >= 0.3 is 5.97 Å². The number of nitrogens with zero attached hydrogens (tertiary/aromatic N) is 2. The lowest BCUT2D eigenvalue weighted by molar-refractivity contribution is -0.135. The van der Waals surface area contributed by atoms with Gasteiger partial charge < -0.3 is 19.4 Å². The van der Waals surface area contributed by atoms with Crippen LogP contribution in [0.3, 0.4) is 0 Å². The highest BCUT2D eigenvalue weighted by Crippen LogP contribution is 2.21. The summed E-state index contributed by atoms with van der Waals surface area (Å²) in [5.41, 5.74) is 1.18. The van der Waals surface area contributed by atoms with Gasteiger partial charge in [0.15, 0.2) is 0 Å². The van der Waals surface area contributed by atoms with Gasteiger partial charge in [0.05, 0.1) is 32.1 Å². The Kier molecular flexibility index (Phi) is 8.14. The molecule has 0 radical (unpaired) electrons. The number of hydrogen-bond acceptors (Lipinski definition) is 8. The van der Waals surface area contributed by atoms with Crippen molar-refractivity contribution in [3.63, 3.8) is 0 Å². The van der Waals surface area contributed by atoms with Gasteiger partial charge in [-0.1, -0.05) is 18.2 Å². The Bertz CT molecular complexity index is 636. The van der Waals surface area contributed by atoms with Gasteiger partial charge in [0.1, 0.15) is 16.5 Å². The molecule has 0 unspecified atom stereocenters. The van der Waals surface area contributed by atoms with Crippen molar-refractivity contribution in [2.75, 3.05) is 21.3 Å². The molecule has 0 aliphatic rings. The van der Waals surface area contributed by atoms with Crippen LogP contribution in [0, 0.1) is 5.92 Å². The van der Waals surface area contributed by atoms with E-state index in [0.717, 1.165) is 5.69 Å². The fourth-order valence-corrected chi connectivity index (χ4v) is 2.66. The average molecular weight is 354 g/mol. The first-order chi connectivity index (χ1) is 11.5. The van der Waals surface area contributed by atoms with Gasteiger partial charge in [0, 0.05) is 18.4 Å². The van der Waals surface area contributed by atoms with E-state index in [9.17, 15) is 4.79 Å². The topological polar surface area (TPSA) is 90.2 Å². The highest BCUT2D eigenvalue weighted by molar-refractivity contribution is 7.11. The zero-order chi connectivity index (χ0) is 18.1. The number of aromatic nitrogens is 1.